The first-order valence-electron chi connectivity index (χ1n) is 7.62. The molecule has 1 amide bonds. The molecule has 0 spiro atoms. The molecule has 8 heteroatoms. The summed E-state index contributed by atoms with van der Waals surface area (Å²) in [5.74, 6) is -1.41. The number of nitrogens with two attached hydrogens (primary N) is 1. The number of nitrogens with one attached hydrogen (secondary N) is 1. The molecule has 1 aliphatic rings. The third-order valence-corrected chi connectivity index (χ3v) is 6.13. The largest absolute Gasteiger partial charge is 0.384 e. The van der Waals surface area contributed by atoms with Crippen LogP contribution in [0, 0.1) is 11.3 Å². The Morgan fingerprint density at radius 2 is 1.83 bits per heavy atom. The molecular weight excluding hydrogens is 329 g/mol. The van der Waals surface area contributed by atoms with Gasteiger partial charge in [0, 0.05) is 5.92 Å². The van der Waals surface area contributed by atoms with Crippen molar-refractivity contribution in [3.8, 4) is 6.07 Å². The Hall–Kier alpha value is -2.13. The predicted octanol–water partition coefficient (Wildman–Crippen LogP) is 2.23. The average Bonchev–Trinajstić information content (AvgIpc) is 2.55. The Kier molecular flexibility index (Phi) is 5.79. The molecule has 0 aromatic heterocycles. The summed E-state index contributed by atoms with van der Waals surface area (Å²) >= 11 is 0. The van der Waals surface area contributed by atoms with Crippen LogP contribution in [0.1, 0.15) is 25.3 Å². The molecule has 1 aromatic carbocycles. The number of nitriles is 1. The van der Waals surface area contributed by atoms with E-state index >= 15 is 0 Å². The van der Waals surface area contributed by atoms with Gasteiger partial charge in [0.25, 0.3) is 0 Å². The highest BCUT2D eigenvalue weighted by Crippen LogP contribution is 2.59. The molecule has 2 rings (SSSR count). The molecule has 1 heterocycles. The summed E-state index contributed by atoms with van der Waals surface area (Å²) in [6.07, 6.45) is 0. The first-order chi connectivity index (χ1) is 11.5. The number of hydrogen-bond donors (Lipinski definition) is 2. The molecule has 0 saturated heterocycles. The molecule has 2 unspecified atom stereocenters. The number of amides is 1. The van der Waals surface area contributed by atoms with Crippen molar-refractivity contribution in [2.75, 3.05) is 13.2 Å². The Balaban J connectivity index is 2.64. The van der Waals surface area contributed by atoms with Gasteiger partial charge < -0.3 is 20.1 Å². The number of hydrogen-bond acceptors (Lipinski definition) is 6. The lowest BCUT2D eigenvalue weighted by molar-refractivity contribution is -0.121. The van der Waals surface area contributed by atoms with E-state index in [1.54, 1.807) is 38.1 Å². The van der Waals surface area contributed by atoms with E-state index < -0.39 is 25.1 Å². The van der Waals surface area contributed by atoms with E-state index in [9.17, 15) is 14.6 Å². The van der Waals surface area contributed by atoms with E-state index in [-0.39, 0.29) is 24.6 Å². The van der Waals surface area contributed by atoms with Crippen LogP contribution in [-0.4, -0.2) is 24.8 Å². The first kappa shape index (κ1) is 18.2. The van der Waals surface area contributed by atoms with E-state index in [2.05, 4.69) is 5.32 Å². The third-order valence-electron chi connectivity index (χ3n) is 3.68. The zero-order valence-electron chi connectivity index (χ0n) is 13.6. The second-order valence-electron chi connectivity index (χ2n) is 5.14. The molecule has 7 nitrogen and oxygen atoms in total. The second kappa shape index (κ2) is 7.63. The summed E-state index contributed by atoms with van der Waals surface area (Å²) in [7, 11) is -3.80. The highest BCUT2D eigenvalue weighted by atomic mass is 31.2. The molecular formula is C16H20N3O4P. The number of carbonyl (C=O) groups excluding carboxylic acids is 1. The zero-order valence-corrected chi connectivity index (χ0v) is 14.5. The molecule has 0 bridgehead atoms. The number of nitrogens with zero attached hydrogens (tertiary/aromatic N) is 1. The fourth-order valence-electron chi connectivity index (χ4n) is 2.77. The van der Waals surface area contributed by atoms with Crippen LogP contribution >= 0.6 is 7.60 Å². The van der Waals surface area contributed by atoms with Gasteiger partial charge in [-0.25, -0.2) is 0 Å². The molecule has 0 radical (unpaired) electrons. The van der Waals surface area contributed by atoms with Crippen LogP contribution in [0.4, 0.5) is 0 Å². The fourth-order valence-corrected chi connectivity index (χ4v) is 4.93. The van der Waals surface area contributed by atoms with Crippen molar-refractivity contribution in [3.63, 3.8) is 0 Å². The van der Waals surface area contributed by atoms with Gasteiger partial charge in [-0.1, -0.05) is 30.3 Å². The monoisotopic (exact) mass is 349 g/mol. The van der Waals surface area contributed by atoms with Crippen LogP contribution in [0.25, 0.3) is 0 Å². The molecule has 0 saturated carbocycles. The summed E-state index contributed by atoms with van der Waals surface area (Å²) < 4.78 is 24.0. The normalized spacial score (nSPS) is 21.3. The zero-order chi connectivity index (χ0) is 17.7. The van der Waals surface area contributed by atoms with Crippen molar-refractivity contribution < 1.29 is 18.4 Å². The minimum atomic E-state index is -3.80. The Labute approximate surface area is 141 Å². The lowest BCUT2D eigenvalue weighted by Gasteiger charge is -2.35. The summed E-state index contributed by atoms with van der Waals surface area (Å²) in [6, 6.07) is 10.9. The Morgan fingerprint density at radius 1 is 1.25 bits per heavy atom. The van der Waals surface area contributed by atoms with Gasteiger partial charge in [0.2, 0.25) is 5.91 Å². The summed E-state index contributed by atoms with van der Waals surface area (Å²) in [5.41, 5.74) is 5.43. The summed E-state index contributed by atoms with van der Waals surface area (Å²) in [6.45, 7) is 3.56. The van der Waals surface area contributed by atoms with Crippen molar-refractivity contribution in [2.24, 2.45) is 5.73 Å². The highest BCUT2D eigenvalue weighted by molar-refractivity contribution is 7.55. The number of benzene rings is 1. The van der Waals surface area contributed by atoms with Crippen molar-refractivity contribution in [2.45, 2.75) is 25.4 Å². The van der Waals surface area contributed by atoms with Crippen LogP contribution in [0.3, 0.4) is 0 Å². The first-order valence-corrected chi connectivity index (χ1v) is 9.24. The van der Waals surface area contributed by atoms with Gasteiger partial charge in [-0.3, -0.25) is 9.36 Å². The minimum Gasteiger partial charge on any atom is -0.384 e. The van der Waals surface area contributed by atoms with E-state index in [0.29, 0.717) is 5.56 Å². The molecule has 3 N–H and O–H groups in total. The van der Waals surface area contributed by atoms with Crippen molar-refractivity contribution in [3.05, 3.63) is 47.3 Å². The van der Waals surface area contributed by atoms with E-state index in [1.165, 1.54) is 0 Å². The van der Waals surface area contributed by atoms with Crippen LogP contribution < -0.4 is 11.1 Å². The molecule has 1 aromatic rings. The fraction of sp³-hybridized carbons (Fsp3) is 0.375. The topological polar surface area (TPSA) is 114 Å². The maximum Gasteiger partial charge on any atom is 0.344 e. The minimum absolute atomic E-state index is 0.0350. The number of allylic oxidation sites excluding steroid dienone is 1. The van der Waals surface area contributed by atoms with Crippen molar-refractivity contribution in [1.82, 2.24) is 5.32 Å². The third kappa shape index (κ3) is 3.36. The number of carbonyl (C=O) groups is 1. The maximum atomic E-state index is 13.3. The quantitative estimate of drug-likeness (QED) is 0.761. The second-order valence-corrected chi connectivity index (χ2v) is 7.29. The SMILES string of the molecule is CCOP(=O)(OCC)C1C(=O)NC(N)=C(C#N)C1c1ccccc1. The molecule has 1 aliphatic heterocycles. The van der Waals surface area contributed by atoms with Gasteiger partial charge in [-0.05, 0) is 19.4 Å². The van der Waals surface area contributed by atoms with Crippen molar-refractivity contribution >= 4 is 13.5 Å². The molecule has 0 aliphatic carbocycles. The van der Waals surface area contributed by atoms with E-state index in [1.807, 2.05) is 12.1 Å². The van der Waals surface area contributed by atoms with Gasteiger partial charge in [0.15, 0.2) is 5.66 Å². The van der Waals surface area contributed by atoms with Crippen LogP contribution in [0.15, 0.2) is 41.7 Å². The standard InChI is InChI=1S/C16H20N3O4P/c1-3-22-24(21,23-4-2)14-13(11-8-6-5-7-9-11)12(10-17)15(18)19-16(14)20/h5-9,13-14H,3-4,18H2,1-2H3,(H,19,20). The van der Waals surface area contributed by atoms with Crippen molar-refractivity contribution in [1.29, 1.82) is 5.26 Å². The average molecular weight is 349 g/mol. The lowest BCUT2D eigenvalue weighted by atomic mass is 9.86. The summed E-state index contributed by atoms with van der Waals surface area (Å²) in [5, 5.41) is 11.9. The maximum absolute atomic E-state index is 13.3. The van der Waals surface area contributed by atoms with Gasteiger partial charge >= 0.3 is 7.60 Å². The smallest absolute Gasteiger partial charge is 0.344 e. The van der Waals surface area contributed by atoms with E-state index in [4.69, 9.17) is 14.8 Å². The molecule has 24 heavy (non-hydrogen) atoms. The molecule has 0 fully saturated rings. The Morgan fingerprint density at radius 3 is 2.33 bits per heavy atom. The van der Waals surface area contributed by atoms with Crippen LogP contribution in [0.2, 0.25) is 0 Å². The van der Waals surface area contributed by atoms with Gasteiger partial charge in [-0.2, -0.15) is 5.26 Å². The summed E-state index contributed by atoms with van der Waals surface area (Å²) in [4.78, 5) is 12.6. The van der Waals surface area contributed by atoms with Gasteiger partial charge in [0.1, 0.15) is 5.82 Å². The Bertz CT molecular complexity index is 717. The molecule has 128 valence electrons. The van der Waals surface area contributed by atoms with E-state index in [0.717, 1.165) is 0 Å². The highest BCUT2D eigenvalue weighted by Gasteiger charge is 2.51. The van der Waals surface area contributed by atoms with Gasteiger partial charge in [0.05, 0.1) is 24.9 Å². The van der Waals surface area contributed by atoms with Gasteiger partial charge in [-0.15, -0.1) is 0 Å². The predicted molar refractivity (Wildman–Crippen MR) is 88.8 cm³/mol. The lowest BCUT2D eigenvalue weighted by Crippen LogP contribution is -2.46. The number of rotatable bonds is 6. The molecule has 2 atom stereocenters. The van der Waals surface area contributed by atoms with Crippen LogP contribution in [0.5, 0.6) is 0 Å². The van der Waals surface area contributed by atoms with Crippen LogP contribution in [-0.2, 0) is 18.4 Å².